The highest BCUT2D eigenvalue weighted by Gasteiger charge is 2.26. The molecule has 0 radical (unpaired) electrons. The summed E-state index contributed by atoms with van der Waals surface area (Å²) in [5.41, 5.74) is 0. The number of aliphatic hydroxyl groups is 1. The largest absolute Gasteiger partial charge is 0.396 e. The summed E-state index contributed by atoms with van der Waals surface area (Å²) in [6, 6.07) is 2.08. The Bertz CT molecular complexity index is 130. The summed E-state index contributed by atoms with van der Waals surface area (Å²) in [4.78, 5) is 0. The Morgan fingerprint density at radius 1 is 1.67 bits per heavy atom. The fraction of sp³-hybridized carbons (Fsp3) is 0.833. The molecule has 0 saturated carbocycles. The van der Waals surface area contributed by atoms with Crippen molar-refractivity contribution < 1.29 is 9.84 Å². The van der Waals surface area contributed by atoms with Crippen LogP contribution in [-0.4, -0.2) is 24.9 Å². The van der Waals surface area contributed by atoms with Gasteiger partial charge in [-0.3, -0.25) is 0 Å². The highest BCUT2D eigenvalue weighted by atomic mass is 16.5. The van der Waals surface area contributed by atoms with Gasteiger partial charge < -0.3 is 9.84 Å². The van der Waals surface area contributed by atoms with Crippen LogP contribution in [0.25, 0.3) is 0 Å². The van der Waals surface area contributed by atoms with Crippen LogP contribution in [0.4, 0.5) is 0 Å². The standard InChI is InChI=1S/C6H9NO2/c7-1-5-3-9-4-6(5)2-8/h5-6,8H,2-4H2/t5-,6-/m1/s1. The van der Waals surface area contributed by atoms with E-state index in [1.807, 2.05) is 0 Å². The molecule has 9 heavy (non-hydrogen) atoms. The molecular formula is C6H9NO2. The summed E-state index contributed by atoms with van der Waals surface area (Å²) < 4.78 is 4.97. The first-order valence-corrected chi connectivity index (χ1v) is 2.96. The van der Waals surface area contributed by atoms with Crippen LogP contribution in [0, 0.1) is 23.2 Å². The molecule has 1 heterocycles. The van der Waals surface area contributed by atoms with E-state index in [1.165, 1.54) is 0 Å². The Kier molecular flexibility index (Phi) is 2.04. The lowest BCUT2D eigenvalue weighted by Gasteiger charge is -2.03. The van der Waals surface area contributed by atoms with Crippen molar-refractivity contribution >= 4 is 0 Å². The van der Waals surface area contributed by atoms with Crippen molar-refractivity contribution in [2.45, 2.75) is 0 Å². The average Bonchev–Trinajstić information content (AvgIpc) is 2.33. The summed E-state index contributed by atoms with van der Waals surface area (Å²) in [7, 11) is 0. The number of hydrogen-bond donors (Lipinski definition) is 1. The Morgan fingerprint density at radius 3 is 2.89 bits per heavy atom. The molecule has 0 aromatic heterocycles. The zero-order chi connectivity index (χ0) is 6.69. The van der Waals surface area contributed by atoms with Gasteiger partial charge in [-0.1, -0.05) is 0 Å². The van der Waals surface area contributed by atoms with Gasteiger partial charge in [-0.05, 0) is 0 Å². The van der Waals surface area contributed by atoms with Gasteiger partial charge in [0.2, 0.25) is 0 Å². The van der Waals surface area contributed by atoms with E-state index >= 15 is 0 Å². The van der Waals surface area contributed by atoms with E-state index in [2.05, 4.69) is 6.07 Å². The van der Waals surface area contributed by atoms with Gasteiger partial charge >= 0.3 is 0 Å². The molecule has 1 rings (SSSR count). The fourth-order valence-corrected chi connectivity index (χ4v) is 0.921. The molecule has 3 nitrogen and oxygen atoms in total. The van der Waals surface area contributed by atoms with Gasteiger partial charge in [0.25, 0.3) is 0 Å². The first kappa shape index (κ1) is 6.53. The van der Waals surface area contributed by atoms with Crippen molar-refractivity contribution in [2.75, 3.05) is 19.8 Å². The normalized spacial score (nSPS) is 34.2. The van der Waals surface area contributed by atoms with Gasteiger partial charge in [0.15, 0.2) is 0 Å². The molecule has 0 aromatic carbocycles. The van der Waals surface area contributed by atoms with Crippen LogP contribution in [-0.2, 0) is 4.74 Å². The molecular weight excluding hydrogens is 118 g/mol. The molecule has 1 saturated heterocycles. The maximum Gasteiger partial charge on any atom is 0.0769 e. The fourth-order valence-electron chi connectivity index (χ4n) is 0.921. The monoisotopic (exact) mass is 127 g/mol. The summed E-state index contributed by atoms with van der Waals surface area (Å²) in [5, 5.41) is 17.1. The van der Waals surface area contributed by atoms with Gasteiger partial charge in [-0.2, -0.15) is 5.26 Å². The lowest BCUT2D eigenvalue weighted by atomic mass is 9.99. The highest BCUT2D eigenvalue weighted by molar-refractivity contribution is 4.90. The predicted octanol–water partition coefficient (Wildman–Crippen LogP) is -0.235. The number of nitrogens with zero attached hydrogens (tertiary/aromatic N) is 1. The molecule has 1 aliphatic heterocycles. The van der Waals surface area contributed by atoms with Crippen LogP contribution in [0.15, 0.2) is 0 Å². The minimum absolute atomic E-state index is 0.0509. The molecule has 50 valence electrons. The third-order valence-electron chi connectivity index (χ3n) is 1.60. The minimum atomic E-state index is -0.0880. The zero-order valence-electron chi connectivity index (χ0n) is 5.08. The van der Waals surface area contributed by atoms with E-state index in [0.29, 0.717) is 13.2 Å². The van der Waals surface area contributed by atoms with E-state index in [0.717, 1.165) is 0 Å². The molecule has 0 aliphatic carbocycles. The summed E-state index contributed by atoms with van der Waals surface area (Å²) in [5.74, 6) is -0.0370. The van der Waals surface area contributed by atoms with E-state index < -0.39 is 0 Å². The van der Waals surface area contributed by atoms with E-state index in [9.17, 15) is 0 Å². The number of nitriles is 1. The van der Waals surface area contributed by atoms with Gasteiger partial charge in [0.05, 0.1) is 25.2 Å². The van der Waals surface area contributed by atoms with Crippen molar-refractivity contribution in [1.82, 2.24) is 0 Å². The Labute approximate surface area is 53.9 Å². The predicted molar refractivity (Wildman–Crippen MR) is 30.5 cm³/mol. The third-order valence-corrected chi connectivity index (χ3v) is 1.60. The van der Waals surface area contributed by atoms with Gasteiger partial charge in [-0.15, -0.1) is 0 Å². The summed E-state index contributed by atoms with van der Waals surface area (Å²) >= 11 is 0. The molecule has 0 spiro atoms. The van der Waals surface area contributed by atoms with Crippen LogP contribution in [0.1, 0.15) is 0 Å². The third kappa shape index (κ3) is 1.21. The van der Waals surface area contributed by atoms with Crippen molar-refractivity contribution in [3.63, 3.8) is 0 Å². The Morgan fingerprint density at radius 2 is 2.44 bits per heavy atom. The first-order valence-electron chi connectivity index (χ1n) is 2.96. The molecule has 0 amide bonds. The van der Waals surface area contributed by atoms with E-state index in [1.54, 1.807) is 0 Å². The van der Waals surface area contributed by atoms with Crippen molar-refractivity contribution in [1.29, 1.82) is 5.26 Å². The highest BCUT2D eigenvalue weighted by Crippen LogP contribution is 2.18. The Hall–Kier alpha value is -0.590. The molecule has 0 unspecified atom stereocenters. The first-order chi connectivity index (χ1) is 4.38. The van der Waals surface area contributed by atoms with Crippen LogP contribution < -0.4 is 0 Å². The topological polar surface area (TPSA) is 53.2 Å². The smallest absolute Gasteiger partial charge is 0.0769 e. The van der Waals surface area contributed by atoms with Crippen molar-refractivity contribution in [2.24, 2.45) is 11.8 Å². The summed E-state index contributed by atoms with van der Waals surface area (Å²) in [6.45, 7) is 1.09. The summed E-state index contributed by atoms with van der Waals surface area (Å²) in [6.07, 6.45) is 0. The number of hydrogen-bond acceptors (Lipinski definition) is 3. The SMILES string of the molecule is N#C[C@@H]1COC[C@H]1CO. The van der Waals surface area contributed by atoms with Gasteiger partial charge in [0, 0.05) is 12.5 Å². The lowest BCUT2D eigenvalue weighted by molar-refractivity contribution is 0.160. The molecule has 1 N–H and O–H groups in total. The molecule has 3 heteroatoms. The van der Waals surface area contributed by atoms with Crippen molar-refractivity contribution in [3.8, 4) is 6.07 Å². The minimum Gasteiger partial charge on any atom is -0.396 e. The zero-order valence-corrected chi connectivity index (χ0v) is 5.08. The maximum absolute atomic E-state index is 8.64. The van der Waals surface area contributed by atoms with Crippen LogP contribution in [0.3, 0.4) is 0 Å². The van der Waals surface area contributed by atoms with Gasteiger partial charge in [0.1, 0.15) is 0 Å². The van der Waals surface area contributed by atoms with Crippen LogP contribution in [0.5, 0.6) is 0 Å². The van der Waals surface area contributed by atoms with Crippen molar-refractivity contribution in [3.05, 3.63) is 0 Å². The maximum atomic E-state index is 8.64. The molecule has 1 aliphatic rings. The lowest BCUT2D eigenvalue weighted by Crippen LogP contribution is -2.14. The van der Waals surface area contributed by atoms with Gasteiger partial charge in [-0.25, -0.2) is 0 Å². The van der Waals surface area contributed by atoms with Crippen LogP contribution >= 0.6 is 0 Å². The molecule has 2 atom stereocenters. The second-order valence-corrected chi connectivity index (χ2v) is 2.22. The second kappa shape index (κ2) is 2.81. The number of aliphatic hydroxyl groups excluding tert-OH is 1. The number of ether oxygens (including phenoxy) is 1. The molecule has 1 fully saturated rings. The molecule has 0 aromatic rings. The Balaban J connectivity index is 2.44. The number of rotatable bonds is 1. The van der Waals surface area contributed by atoms with Crippen LogP contribution in [0.2, 0.25) is 0 Å². The van der Waals surface area contributed by atoms with E-state index in [4.69, 9.17) is 15.1 Å². The molecule has 0 bridgehead atoms. The quantitative estimate of drug-likeness (QED) is 0.529. The van der Waals surface area contributed by atoms with E-state index in [-0.39, 0.29) is 18.4 Å². The average molecular weight is 127 g/mol. The second-order valence-electron chi connectivity index (χ2n) is 2.22.